The van der Waals surface area contributed by atoms with Gasteiger partial charge in [0.25, 0.3) is 0 Å². The molecule has 5 rings (SSSR count). The summed E-state index contributed by atoms with van der Waals surface area (Å²) in [6.45, 7) is 0. The van der Waals surface area contributed by atoms with Gasteiger partial charge in [0.15, 0.2) is 5.65 Å². The van der Waals surface area contributed by atoms with E-state index in [4.69, 9.17) is 16.6 Å². The summed E-state index contributed by atoms with van der Waals surface area (Å²) in [7, 11) is 0. The first kappa shape index (κ1) is 19.3. The zero-order valence-electron chi connectivity index (χ0n) is 15.9. The molecule has 0 bridgehead atoms. The van der Waals surface area contributed by atoms with Crippen LogP contribution in [0.1, 0.15) is 16.7 Å². The van der Waals surface area contributed by atoms with Crippen LogP contribution in [0.3, 0.4) is 0 Å². The number of aromatic nitrogens is 3. The second-order valence-electron chi connectivity index (χ2n) is 7.02. The lowest BCUT2D eigenvalue weighted by Gasteiger charge is -2.38. The Morgan fingerprint density at radius 3 is 1.67 bits per heavy atom. The van der Waals surface area contributed by atoms with Crippen LogP contribution in [0, 0.1) is 3.57 Å². The molecule has 0 aliphatic carbocycles. The number of benzene rings is 3. The van der Waals surface area contributed by atoms with Gasteiger partial charge in [-0.15, -0.1) is 0 Å². The molecule has 0 amide bonds. The summed E-state index contributed by atoms with van der Waals surface area (Å²) in [6, 6.07) is 31.6. The maximum atomic E-state index is 6.18. The third kappa shape index (κ3) is 3.02. The van der Waals surface area contributed by atoms with E-state index in [0.29, 0.717) is 5.15 Å². The first-order valence-electron chi connectivity index (χ1n) is 9.57. The van der Waals surface area contributed by atoms with Crippen LogP contribution in [-0.4, -0.2) is 14.5 Å². The molecular weight excluding hydrogens is 505 g/mol. The first-order chi connectivity index (χ1) is 14.7. The molecule has 5 aromatic rings. The van der Waals surface area contributed by atoms with Crippen LogP contribution in [0.4, 0.5) is 0 Å². The van der Waals surface area contributed by atoms with Crippen molar-refractivity contribution in [2.24, 2.45) is 0 Å². The SMILES string of the molecule is Clc1cnc2c(n1)c(I)cn2C(c1ccccc1)(c1ccccc1)c1ccccc1. The molecule has 146 valence electrons. The molecular formula is C25H17ClIN3. The zero-order valence-corrected chi connectivity index (χ0v) is 18.8. The van der Waals surface area contributed by atoms with Crippen molar-refractivity contribution in [1.29, 1.82) is 0 Å². The van der Waals surface area contributed by atoms with Crippen LogP contribution < -0.4 is 0 Å². The van der Waals surface area contributed by atoms with Gasteiger partial charge in [0.05, 0.1) is 9.77 Å². The van der Waals surface area contributed by atoms with Gasteiger partial charge in [-0.2, -0.15) is 0 Å². The van der Waals surface area contributed by atoms with E-state index in [1.807, 2.05) is 18.2 Å². The topological polar surface area (TPSA) is 30.7 Å². The Hall–Kier alpha value is -2.70. The average molecular weight is 522 g/mol. The number of hydrogen-bond acceptors (Lipinski definition) is 2. The summed E-state index contributed by atoms with van der Waals surface area (Å²) in [5.74, 6) is 0. The molecule has 0 aliphatic rings. The fourth-order valence-electron chi connectivity index (χ4n) is 4.14. The summed E-state index contributed by atoms with van der Waals surface area (Å²) in [5.41, 5.74) is 4.41. The summed E-state index contributed by atoms with van der Waals surface area (Å²) < 4.78 is 3.23. The summed E-state index contributed by atoms with van der Waals surface area (Å²) in [4.78, 5) is 9.27. The quantitative estimate of drug-likeness (QED) is 0.199. The Kier molecular flexibility index (Phi) is 5.05. The molecule has 0 aliphatic heterocycles. The molecule has 0 saturated heterocycles. The van der Waals surface area contributed by atoms with Gasteiger partial charge in [-0.3, -0.25) is 0 Å². The summed E-state index contributed by atoms with van der Waals surface area (Å²) in [5, 5.41) is 0.392. The minimum Gasteiger partial charge on any atom is -0.312 e. The molecule has 3 nitrogen and oxygen atoms in total. The Morgan fingerprint density at radius 1 is 0.733 bits per heavy atom. The van der Waals surface area contributed by atoms with Crippen LogP contribution in [0.15, 0.2) is 103 Å². The second kappa shape index (κ2) is 7.85. The minimum absolute atomic E-state index is 0.392. The van der Waals surface area contributed by atoms with Gasteiger partial charge in [-0.1, -0.05) is 103 Å². The third-order valence-corrected chi connectivity index (χ3v) is 6.33. The van der Waals surface area contributed by atoms with E-state index in [1.54, 1.807) is 6.20 Å². The Labute approximate surface area is 193 Å². The fraction of sp³-hybridized carbons (Fsp3) is 0.0400. The highest BCUT2D eigenvalue weighted by molar-refractivity contribution is 14.1. The van der Waals surface area contributed by atoms with Crippen molar-refractivity contribution >= 4 is 45.4 Å². The van der Waals surface area contributed by atoms with Crippen molar-refractivity contribution in [3.05, 3.63) is 129 Å². The van der Waals surface area contributed by atoms with Gasteiger partial charge in [0, 0.05) is 6.20 Å². The summed E-state index contributed by atoms with van der Waals surface area (Å²) >= 11 is 8.49. The number of fused-ring (bicyclic) bond motifs is 1. The number of halogens is 2. The number of rotatable bonds is 4. The van der Waals surface area contributed by atoms with Gasteiger partial charge in [-0.25, -0.2) is 9.97 Å². The molecule has 5 heteroatoms. The van der Waals surface area contributed by atoms with Crippen molar-refractivity contribution in [2.45, 2.75) is 5.54 Å². The van der Waals surface area contributed by atoms with Crippen LogP contribution in [0.25, 0.3) is 11.2 Å². The third-order valence-electron chi connectivity index (χ3n) is 5.36. The fourth-order valence-corrected chi connectivity index (χ4v) is 4.92. The van der Waals surface area contributed by atoms with E-state index in [2.05, 4.69) is 111 Å². The monoisotopic (exact) mass is 521 g/mol. The second-order valence-corrected chi connectivity index (χ2v) is 8.57. The van der Waals surface area contributed by atoms with E-state index >= 15 is 0 Å². The Morgan fingerprint density at radius 2 is 1.20 bits per heavy atom. The largest absolute Gasteiger partial charge is 0.312 e. The van der Waals surface area contributed by atoms with Crippen LogP contribution in [0.2, 0.25) is 5.15 Å². The molecule has 3 aromatic carbocycles. The number of nitrogens with zero attached hydrogens (tertiary/aromatic N) is 3. The maximum absolute atomic E-state index is 6.18. The van der Waals surface area contributed by atoms with Crippen molar-refractivity contribution in [1.82, 2.24) is 14.5 Å². The van der Waals surface area contributed by atoms with Crippen LogP contribution in [-0.2, 0) is 5.54 Å². The van der Waals surface area contributed by atoms with Gasteiger partial charge < -0.3 is 4.57 Å². The lowest BCUT2D eigenvalue weighted by molar-refractivity contribution is 0.529. The van der Waals surface area contributed by atoms with Gasteiger partial charge in [-0.05, 0) is 39.3 Å². The van der Waals surface area contributed by atoms with Crippen molar-refractivity contribution in [2.75, 3.05) is 0 Å². The van der Waals surface area contributed by atoms with Crippen molar-refractivity contribution < 1.29 is 0 Å². The lowest BCUT2D eigenvalue weighted by atomic mass is 9.76. The predicted molar refractivity (Wildman–Crippen MR) is 130 cm³/mol. The van der Waals surface area contributed by atoms with Crippen molar-refractivity contribution in [3.8, 4) is 0 Å². The van der Waals surface area contributed by atoms with Gasteiger partial charge in [0.1, 0.15) is 16.2 Å². The molecule has 2 heterocycles. The molecule has 0 spiro atoms. The maximum Gasteiger partial charge on any atom is 0.161 e. The molecule has 0 saturated carbocycles. The molecule has 0 unspecified atom stereocenters. The van der Waals surface area contributed by atoms with E-state index < -0.39 is 5.54 Å². The zero-order chi connectivity index (χ0) is 20.6. The average Bonchev–Trinajstić information content (AvgIpc) is 3.12. The van der Waals surface area contributed by atoms with E-state index in [-0.39, 0.29) is 0 Å². The molecule has 2 aromatic heterocycles. The predicted octanol–water partition coefficient (Wildman–Crippen LogP) is 6.53. The highest BCUT2D eigenvalue weighted by Gasteiger charge is 2.40. The number of hydrogen-bond donors (Lipinski definition) is 0. The molecule has 30 heavy (non-hydrogen) atoms. The standard InChI is InChI=1S/C25H17ClIN3/c26-22-16-28-24-23(29-22)21(27)17-30(24)25(18-10-4-1-5-11-18,19-12-6-2-7-13-19)20-14-8-3-9-15-20/h1-17H. The van der Waals surface area contributed by atoms with Gasteiger partial charge in [0.2, 0.25) is 0 Å². The van der Waals surface area contributed by atoms with Crippen molar-refractivity contribution in [3.63, 3.8) is 0 Å². The highest BCUT2D eigenvalue weighted by Crippen LogP contribution is 2.43. The van der Waals surface area contributed by atoms with Gasteiger partial charge >= 0.3 is 0 Å². The minimum atomic E-state index is -0.617. The normalized spacial score (nSPS) is 11.7. The first-order valence-corrected chi connectivity index (χ1v) is 11.0. The Bertz CT molecular complexity index is 1210. The molecule has 0 N–H and O–H groups in total. The van der Waals surface area contributed by atoms with Crippen LogP contribution >= 0.6 is 34.2 Å². The lowest BCUT2D eigenvalue weighted by Crippen LogP contribution is -2.37. The highest BCUT2D eigenvalue weighted by atomic mass is 127. The smallest absolute Gasteiger partial charge is 0.161 e. The molecule has 0 radical (unpaired) electrons. The molecule has 0 atom stereocenters. The Balaban J connectivity index is 1.98. The van der Waals surface area contributed by atoms with Crippen LogP contribution in [0.5, 0.6) is 0 Å². The summed E-state index contributed by atoms with van der Waals surface area (Å²) in [6.07, 6.45) is 3.73. The van der Waals surface area contributed by atoms with E-state index in [0.717, 1.165) is 31.4 Å². The van der Waals surface area contributed by atoms with E-state index in [9.17, 15) is 0 Å². The molecule has 0 fully saturated rings. The van der Waals surface area contributed by atoms with E-state index in [1.165, 1.54) is 0 Å².